The Morgan fingerprint density at radius 3 is 2.48 bits per heavy atom. The summed E-state index contributed by atoms with van der Waals surface area (Å²) in [6.45, 7) is 4.67. The average Bonchev–Trinajstić information content (AvgIpc) is 3.31. The van der Waals surface area contributed by atoms with Gasteiger partial charge in [-0.2, -0.15) is 0 Å². The molecule has 4 amide bonds. The normalized spacial score (nSPS) is 25.5. The van der Waals surface area contributed by atoms with Gasteiger partial charge in [0.15, 0.2) is 0 Å². The van der Waals surface area contributed by atoms with Crippen LogP contribution in [0.4, 0.5) is 10.5 Å². The highest BCUT2D eigenvalue weighted by Gasteiger charge is 2.56. The van der Waals surface area contributed by atoms with Crippen molar-refractivity contribution in [3.05, 3.63) is 29.8 Å². The minimum atomic E-state index is -0.687. The van der Waals surface area contributed by atoms with Crippen LogP contribution in [0.5, 0.6) is 0 Å². The highest BCUT2D eigenvalue weighted by atomic mass is 16.2. The molecule has 2 saturated heterocycles. The van der Waals surface area contributed by atoms with Gasteiger partial charge in [-0.25, -0.2) is 9.69 Å². The molecular weight excluding hydrogens is 318 g/mol. The van der Waals surface area contributed by atoms with Crippen LogP contribution in [0.2, 0.25) is 0 Å². The molecule has 2 heterocycles. The molecule has 0 N–H and O–H groups in total. The summed E-state index contributed by atoms with van der Waals surface area (Å²) in [7, 11) is 0. The minimum Gasteiger partial charge on any atom is -0.336 e. The molecule has 0 bridgehead atoms. The second-order valence-corrected chi connectivity index (χ2v) is 7.50. The van der Waals surface area contributed by atoms with E-state index in [2.05, 4.69) is 0 Å². The lowest BCUT2D eigenvalue weighted by Crippen LogP contribution is -2.41. The smallest absolute Gasteiger partial charge is 0.332 e. The van der Waals surface area contributed by atoms with Crippen LogP contribution < -0.4 is 4.90 Å². The number of benzene rings is 1. The van der Waals surface area contributed by atoms with Crippen LogP contribution in [0.1, 0.15) is 45.1 Å². The van der Waals surface area contributed by atoms with Gasteiger partial charge in [0.05, 0.1) is 5.69 Å². The largest absolute Gasteiger partial charge is 0.336 e. The zero-order valence-electron chi connectivity index (χ0n) is 14.7. The van der Waals surface area contributed by atoms with Crippen molar-refractivity contribution < 1.29 is 14.4 Å². The zero-order valence-corrected chi connectivity index (χ0v) is 14.7. The van der Waals surface area contributed by atoms with Gasteiger partial charge < -0.3 is 9.80 Å². The molecule has 1 aromatic carbocycles. The summed E-state index contributed by atoms with van der Waals surface area (Å²) in [5, 5.41) is 0. The van der Waals surface area contributed by atoms with Crippen LogP contribution >= 0.6 is 0 Å². The van der Waals surface area contributed by atoms with E-state index in [1.807, 2.05) is 36.1 Å². The third-order valence-electron chi connectivity index (χ3n) is 5.67. The molecule has 25 heavy (non-hydrogen) atoms. The molecule has 1 atom stereocenters. The average molecular weight is 341 g/mol. The summed E-state index contributed by atoms with van der Waals surface area (Å²) in [5.41, 5.74) is 0.930. The van der Waals surface area contributed by atoms with Crippen LogP contribution in [0.15, 0.2) is 24.3 Å². The van der Waals surface area contributed by atoms with Gasteiger partial charge in [0.1, 0.15) is 5.54 Å². The SMILES string of the molecule is CC(=O)N(Cc1ccc(N2C(=O)N3CCC[C@@]3(C)C2=O)cc1)C1CC1. The van der Waals surface area contributed by atoms with Crippen molar-refractivity contribution in [2.24, 2.45) is 0 Å². The van der Waals surface area contributed by atoms with Crippen molar-refractivity contribution in [2.45, 2.75) is 57.7 Å². The maximum Gasteiger partial charge on any atom is 0.332 e. The molecule has 6 nitrogen and oxygen atoms in total. The molecule has 132 valence electrons. The predicted molar refractivity (Wildman–Crippen MR) is 92.9 cm³/mol. The third kappa shape index (κ3) is 2.51. The quantitative estimate of drug-likeness (QED) is 0.791. The van der Waals surface area contributed by atoms with E-state index < -0.39 is 5.54 Å². The molecule has 3 fully saturated rings. The summed E-state index contributed by atoms with van der Waals surface area (Å²) in [6, 6.07) is 7.57. The molecule has 1 saturated carbocycles. The lowest BCUT2D eigenvalue weighted by atomic mass is 9.99. The van der Waals surface area contributed by atoms with E-state index in [-0.39, 0.29) is 17.8 Å². The number of hydrogen-bond donors (Lipinski definition) is 0. The maximum atomic E-state index is 12.8. The number of urea groups is 1. The highest BCUT2D eigenvalue weighted by molar-refractivity contribution is 6.23. The first kappa shape index (κ1) is 16.1. The van der Waals surface area contributed by atoms with Gasteiger partial charge in [0, 0.05) is 26.1 Å². The molecular formula is C19H23N3O3. The van der Waals surface area contributed by atoms with E-state index in [0.717, 1.165) is 31.2 Å². The molecule has 4 rings (SSSR count). The van der Waals surface area contributed by atoms with Gasteiger partial charge in [0.25, 0.3) is 5.91 Å². The number of anilines is 1. The first-order valence-corrected chi connectivity index (χ1v) is 8.94. The van der Waals surface area contributed by atoms with E-state index in [1.165, 1.54) is 4.90 Å². The molecule has 0 spiro atoms. The molecule has 1 aromatic rings. The monoisotopic (exact) mass is 341 g/mol. The van der Waals surface area contributed by atoms with E-state index >= 15 is 0 Å². The van der Waals surface area contributed by atoms with Crippen molar-refractivity contribution in [1.82, 2.24) is 9.80 Å². The van der Waals surface area contributed by atoms with E-state index in [4.69, 9.17) is 0 Å². The van der Waals surface area contributed by atoms with E-state index in [1.54, 1.807) is 11.8 Å². The van der Waals surface area contributed by atoms with Gasteiger partial charge in [-0.1, -0.05) is 12.1 Å². The number of rotatable bonds is 4. The Balaban J connectivity index is 1.53. The fourth-order valence-electron chi connectivity index (χ4n) is 4.00. The molecule has 0 unspecified atom stereocenters. The number of carbonyl (C=O) groups excluding carboxylic acids is 3. The molecule has 1 aliphatic carbocycles. The lowest BCUT2D eigenvalue weighted by Gasteiger charge is -2.22. The van der Waals surface area contributed by atoms with Crippen molar-refractivity contribution in [3.63, 3.8) is 0 Å². The Bertz CT molecular complexity index is 741. The van der Waals surface area contributed by atoms with E-state index in [9.17, 15) is 14.4 Å². The van der Waals surface area contributed by atoms with Crippen molar-refractivity contribution >= 4 is 23.5 Å². The summed E-state index contributed by atoms with van der Waals surface area (Å²) in [5.74, 6) is -0.0453. The Kier molecular flexibility index (Phi) is 3.60. The van der Waals surface area contributed by atoms with Crippen LogP contribution in [-0.4, -0.2) is 45.8 Å². The molecule has 0 radical (unpaired) electrons. The Morgan fingerprint density at radius 1 is 1.24 bits per heavy atom. The summed E-state index contributed by atoms with van der Waals surface area (Å²) in [4.78, 5) is 42.0. The molecule has 3 aliphatic rings. The second kappa shape index (κ2) is 5.58. The molecule has 0 aromatic heterocycles. The number of hydrogen-bond acceptors (Lipinski definition) is 3. The molecule has 2 aliphatic heterocycles. The zero-order chi connectivity index (χ0) is 17.8. The maximum absolute atomic E-state index is 12.8. The van der Waals surface area contributed by atoms with Crippen molar-refractivity contribution in [3.8, 4) is 0 Å². The van der Waals surface area contributed by atoms with Gasteiger partial charge >= 0.3 is 6.03 Å². The fourth-order valence-corrected chi connectivity index (χ4v) is 4.00. The van der Waals surface area contributed by atoms with Crippen LogP contribution in [0.25, 0.3) is 0 Å². The standard InChI is InChI=1S/C19H23N3O3/c1-13(23)20(15-8-9-15)12-14-4-6-16(7-5-14)22-17(24)19(2)10-3-11-21(19)18(22)25/h4-7,15H,3,8-12H2,1-2H3/t19-/m0/s1. The predicted octanol–water partition coefficient (Wildman–Crippen LogP) is 2.52. The highest BCUT2D eigenvalue weighted by Crippen LogP contribution is 2.39. The fraction of sp³-hybridized carbons (Fsp3) is 0.526. The first-order valence-electron chi connectivity index (χ1n) is 8.94. The number of imide groups is 1. The summed E-state index contributed by atoms with van der Waals surface area (Å²) >= 11 is 0. The number of carbonyl (C=O) groups is 3. The number of nitrogens with zero attached hydrogens (tertiary/aromatic N) is 3. The van der Waals surface area contributed by atoms with Gasteiger partial charge in [-0.3, -0.25) is 9.59 Å². The van der Waals surface area contributed by atoms with Crippen LogP contribution in [0, 0.1) is 0 Å². The third-order valence-corrected chi connectivity index (χ3v) is 5.67. The Labute approximate surface area is 147 Å². The van der Waals surface area contributed by atoms with Gasteiger partial charge in [-0.15, -0.1) is 0 Å². The van der Waals surface area contributed by atoms with Crippen molar-refractivity contribution in [2.75, 3.05) is 11.4 Å². The second-order valence-electron chi connectivity index (χ2n) is 7.50. The van der Waals surface area contributed by atoms with Gasteiger partial charge in [0.2, 0.25) is 5.91 Å². The Morgan fingerprint density at radius 2 is 1.92 bits per heavy atom. The van der Waals surface area contributed by atoms with Gasteiger partial charge in [-0.05, 0) is 50.3 Å². The Hall–Kier alpha value is -2.37. The van der Waals surface area contributed by atoms with E-state index in [0.29, 0.717) is 24.8 Å². The molecule has 6 heteroatoms. The topological polar surface area (TPSA) is 60.9 Å². The lowest BCUT2D eigenvalue weighted by molar-refractivity contribution is -0.130. The summed E-state index contributed by atoms with van der Waals surface area (Å²) < 4.78 is 0. The number of amides is 4. The summed E-state index contributed by atoms with van der Waals surface area (Å²) in [6.07, 6.45) is 3.75. The minimum absolute atomic E-state index is 0.0880. The van der Waals surface area contributed by atoms with Crippen LogP contribution in [0.3, 0.4) is 0 Å². The van der Waals surface area contributed by atoms with Crippen molar-refractivity contribution in [1.29, 1.82) is 0 Å². The number of fused-ring (bicyclic) bond motifs is 1. The first-order chi connectivity index (χ1) is 11.9. The van der Waals surface area contributed by atoms with Crippen LogP contribution in [-0.2, 0) is 16.1 Å².